The summed E-state index contributed by atoms with van der Waals surface area (Å²) in [6.45, 7) is 4.90. The highest BCUT2D eigenvalue weighted by atomic mass is 16.2. The van der Waals surface area contributed by atoms with Gasteiger partial charge >= 0.3 is 0 Å². The molecule has 0 aliphatic carbocycles. The van der Waals surface area contributed by atoms with E-state index < -0.39 is 0 Å². The summed E-state index contributed by atoms with van der Waals surface area (Å²) >= 11 is 0. The van der Waals surface area contributed by atoms with Crippen LogP contribution in [0, 0.1) is 0 Å². The van der Waals surface area contributed by atoms with Gasteiger partial charge in [0.05, 0.1) is 0 Å². The molecule has 1 N–H and O–H groups in total. The van der Waals surface area contributed by atoms with Crippen molar-refractivity contribution in [3.05, 3.63) is 0 Å². The molecule has 15 heavy (non-hydrogen) atoms. The van der Waals surface area contributed by atoms with Crippen molar-refractivity contribution >= 4 is 5.91 Å². The summed E-state index contributed by atoms with van der Waals surface area (Å²) in [7, 11) is 0. The molecule has 4 nitrogen and oxygen atoms in total. The van der Waals surface area contributed by atoms with Crippen LogP contribution in [-0.4, -0.2) is 49.6 Å². The van der Waals surface area contributed by atoms with Crippen molar-refractivity contribution < 1.29 is 4.79 Å². The van der Waals surface area contributed by atoms with Crippen molar-refractivity contribution in [2.24, 2.45) is 0 Å². The van der Waals surface area contributed by atoms with Gasteiger partial charge in [0.2, 0.25) is 5.91 Å². The molecule has 4 heteroatoms. The fraction of sp³-hybridized carbons (Fsp3) is 0.909. The van der Waals surface area contributed by atoms with Crippen molar-refractivity contribution in [2.75, 3.05) is 32.7 Å². The monoisotopic (exact) mass is 210 g/mol. The second-order valence-electron chi connectivity index (χ2n) is 4.41. The van der Waals surface area contributed by atoms with Crippen LogP contribution < -0.4 is 10.6 Å². The Morgan fingerprint density at radius 2 is 2.47 bits per heavy atom. The first kappa shape index (κ1) is 10.9. The molecule has 0 bridgehead atoms. The van der Waals surface area contributed by atoms with Gasteiger partial charge in [0.1, 0.15) is 0 Å². The third-order valence-electron chi connectivity index (χ3n) is 3.19. The van der Waals surface area contributed by atoms with Crippen molar-refractivity contribution in [2.45, 2.75) is 31.7 Å². The number of nitrogens with one attached hydrogen (secondary N) is 1. The fourth-order valence-electron chi connectivity index (χ4n) is 2.27. The second-order valence-corrected chi connectivity index (χ2v) is 4.41. The van der Waals surface area contributed by atoms with Gasteiger partial charge < -0.3 is 10.2 Å². The third kappa shape index (κ3) is 3.18. The Balaban J connectivity index is 1.52. The minimum atomic E-state index is 0.339. The third-order valence-corrected chi connectivity index (χ3v) is 3.19. The molecule has 1 atom stereocenters. The SMILES string of the molecule is O=C1CCCN1CCCNC1CC[N]C1. The van der Waals surface area contributed by atoms with E-state index in [0.717, 1.165) is 52.0 Å². The van der Waals surface area contributed by atoms with Crippen LogP contribution in [0.1, 0.15) is 25.7 Å². The zero-order chi connectivity index (χ0) is 10.5. The van der Waals surface area contributed by atoms with E-state index in [9.17, 15) is 4.79 Å². The van der Waals surface area contributed by atoms with Crippen LogP contribution in [0.2, 0.25) is 0 Å². The summed E-state index contributed by atoms with van der Waals surface area (Å²) in [6, 6.07) is 0.597. The molecule has 1 unspecified atom stereocenters. The highest BCUT2D eigenvalue weighted by Crippen LogP contribution is 2.09. The Morgan fingerprint density at radius 3 is 3.13 bits per heavy atom. The van der Waals surface area contributed by atoms with Crippen molar-refractivity contribution in [3.63, 3.8) is 0 Å². The van der Waals surface area contributed by atoms with Crippen LogP contribution in [0.4, 0.5) is 0 Å². The maximum absolute atomic E-state index is 11.3. The Bertz CT molecular complexity index is 214. The number of nitrogens with zero attached hydrogens (tertiary/aromatic N) is 2. The molecular weight excluding hydrogens is 190 g/mol. The molecular formula is C11H20N3O. The van der Waals surface area contributed by atoms with Gasteiger partial charge in [-0.15, -0.1) is 0 Å². The molecule has 0 saturated carbocycles. The van der Waals surface area contributed by atoms with Crippen LogP contribution in [0.5, 0.6) is 0 Å². The Hall–Kier alpha value is -0.610. The number of carbonyl (C=O) groups excluding carboxylic acids is 1. The molecule has 0 spiro atoms. The summed E-state index contributed by atoms with van der Waals surface area (Å²) in [6.07, 6.45) is 4.06. The van der Waals surface area contributed by atoms with E-state index in [1.165, 1.54) is 6.42 Å². The number of carbonyl (C=O) groups is 1. The summed E-state index contributed by atoms with van der Waals surface area (Å²) in [5.41, 5.74) is 0. The van der Waals surface area contributed by atoms with Crippen molar-refractivity contribution in [3.8, 4) is 0 Å². The molecule has 1 amide bonds. The van der Waals surface area contributed by atoms with Gasteiger partial charge in [0.15, 0.2) is 0 Å². The van der Waals surface area contributed by atoms with E-state index in [1.54, 1.807) is 0 Å². The molecule has 2 aliphatic rings. The zero-order valence-electron chi connectivity index (χ0n) is 9.24. The van der Waals surface area contributed by atoms with Crippen LogP contribution in [0.3, 0.4) is 0 Å². The fourth-order valence-corrected chi connectivity index (χ4v) is 2.27. The van der Waals surface area contributed by atoms with Gasteiger partial charge in [-0.1, -0.05) is 0 Å². The van der Waals surface area contributed by atoms with Crippen molar-refractivity contribution in [1.29, 1.82) is 0 Å². The molecule has 85 valence electrons. The summed E-state index contributed by atoms with van der Waals surface area (Å²) in [4.78, 5) is 13.3. The molecule has 0 aromatic heterocycles. The predicted octanol–water partition coefficient (Wildman–Crippen LogP) is -0.0348. The van der Waals surface area contributed by atoms with E-state index >= 15 is 0 Å². The van der Waals surface area contributed by atoms with Crippen LogP contribution >= 0.6 is 0 Å². The Morgan fingerprint density at radius 1 is 1.53 bits per heavy atom. The van der Waals surface area contributed by atoms with Crippen LogP contribution in [0.25, 0.3) is 0 Å². The smallest absolute Gasteiger partial charge is 0.222 e. The quantitative estimate of drug-likeness (QED) is 0.648. The highest BCUT2D eigenvalue weighted by Gasteiger charge is 2.19. The van der Waals surface area contributed by atoms with Gasteiger partial charge in [-0.05, 0) is 25.8 Å². The molecule has 2 heterocycles. The van der Waals surface area contributed by atoms with Crippen LogP contribution in [0.15, 0.2) is 0 Å². The molecule has 1 radical (unpaired) electrons. The lowest BCUT2D eigenvalue weighted by Gasteiger charge is -2.16. The highest BCUT2D eigenvalue weighted by molar-refractivity contribution is 5.77. The molecule has 0 aromatic rings. The number of hydrogen-bond donors (Lipinski definition) is 1. The summed E-state index contributed by atoms with van der Waals surface area (Å²) < 4.78 is 0. The van der Waals surface area contributed by atoms with E-state index in [2.05, 4.69) is 10.6 Å². The first-order chi connectivity index (χ1) is 7.36. The molecule has 2 saturated heterocycles. The number of amides is 1. The second kappa shape index (κ2) is 5.47. The first-order valence-electron chi connectivity index (χ1n) is 6.00. The molecule has 2 aliphatic heterocycles. The lowest BCUT2D eigenvalue weighted by Crippen LogP contribution is -2.33. The minimum Gasteiger partial charge on any atom is -0.343 e. The number of rotatable bonds is 5. The molecule has 0 aromatic carbocycles. The normalized spacial score (nSPS) is 26.5. The van der Waals surface area contributed by atoms with Gasteiger partial charge in [-0.25, -0.2) is 5.32 Å². The van der Waals surface area contributed by atoms with Gasteiger partial charge in [0.25, 0.3) is 0 Å². The van der Waals surface area contributed by atoms with Gasteiger partial charge in [-0.3, -0.25) is 4.79 Å². The van der Waals surface area contributed by atoms with E-state index in [-0.39, 0.29) is 0 Å². The van der Waals surface area contributed by atoms with Gasteiger partial charge in [-0.2, -0.15) is 0 Å². The topological polar surface area (TPSA) is 46.4 Å². The minimum absolute atomic E-state index is 0.339. The summed E-state index contributed by atoms with van der Waals surface area (Å²) in [5.74, 6) is 0.339. The van der Waals surface area contributed by atoms with Crippen LogP contribution in [-0.2, 0) is 4.79 Å². The van der Waals surface area contributed by atoms with E-state index in [4.69, 9.17) is 0 Å². The van der Waals surface area contributed by atoms with E-state index in [0.29, 0.717) is 11.9 Å². The lowest BCUT2D eigenvalue weighted by atomic mass is 10.2. The number of hydrogen-bond acceptors (Lipinski definition) is 2. The largest absolute Gasteiger partial charge is 0.343 e. The first-order valence-corrected chi connectivity index (χ1v) is 6.00. The maximum atomic E-state index is 11.3. The van der Waals surface area contributed by atoms with Crippen molar-refractivity contribution in [1.82, 2.24) is 15.5 Å². The standard InChI is InChI=1S/C11H20N3O/c15-11-3-1-7-14(11)8-2-5-13-10-4-6-12-9-10/h10,13H,1-9H2. The Labute approximate surface area is 91.4 Å². The predicted molar refractivity (Wildman–Crippen MR) is 58.7 cm³/mol. The Kier molecular flexibility index (Phi) is 3.97. The molecule has 2 fully saturated rings. The lowest BCUT2D eigenvalue weighted by molar-refractivity contribution is -0.127. The number of likely N-dealkylation sites (tertiary alicyclic amines) is 1. The average Bonchev–Trinajstić information content (AvgIpc) is 2.85. The molecule has 2 rings (SSSR count). The maximum Gasteiger partial charge on any atom is 0.222 e. The van der Waals surface area contributed by atoms with E-state index in [1.807, 2.05) is 4.90 Å². The summed E-state index contributed by atoms with van der Waals surface area (Å²) in [5, 5.41) is 7.79. The van der Waals surface area contributed by atoms with Gasteiger partial charge in [0, 0.05) is 38.6 Å². The zero-order valence-corrected chi connectivity index (χ0v) is 9.24. The average molecular weight is 210 g/mol.